The molecule has 0 amide bonds. The van der Waals surface area contributed by atoms with Crippen LogP contribution < -0.4 is 5.43 Å². The fourth-order valence-corrected chi connectivity index (χ4v) is 0.891. The zero-order valence-electron chi connectivity index (χ0n) is 6.77. The zero-order valence-corrected chi connectivity index (χ0v) is 6.77. The minimum atomic E-state index is 0.717. The van der Waals surface area contributed by atoms with Crippen LogP contribution in [0.5, 0.6) is 0 Å². The van der Waals surface area contributed by atoms with Crippen LogP contribution in [0.15, 0.2) is 29.6 Å². The molecule has 1 saturated carbocycles. The summed E-state index contributed by atoms with van der Waals surface area (Å²) in [6.07, 6.45) is 8.05. The van der Waals surface area contributed by atoms with E-state index in [9.17, 15) is 0 Å². The van der Waals surface area contributed by atoms with Gasteiger partial charge in [-0.05, 0) is 30.9 Å². The lowest BCUT2D eigenvalue weighted by Gasteiger charge is -1.96. The van der Waals surface area contributed by atoms with E-state index in [4.69, 9.17) is 0 Å². The Labute approximate surface area is 71.5 Å². The number of pyridine rings is 1. The molecule has 0 aromatic carbocycles. The van der Waals surface area contributed by atoms with E-state index in [-0.39, 0.29) is 0 Å². The fourth-order valence-electron chi connectivity index (χ4n) is 0.891. The molecule has 0 aliphatic heterocycles. The van der Waals surface area contributed by atoms with Crippen LogP contribution in [-0.4, -0.2) is 11.2 Å². The number of hydrogen-bond donors (Lipinski definition) is 1. The van der Waals surface area contributed by atoms with E-state index >= 15 is 0 Å². The second kappa shape index (κ2) is 3.34. The highest BCUT2D eigenvalue weighted by Gasteiger charge is 2.18. The van der Waals surface area contributed by atoms with Gasteiger partial charge in [0.1, 0.15) is 0 Å². The minimum Gasteiger partial charge on any atom is -0.277 e. The van der Waals surface area contributed by atoms with Crippen molar-refractivity contribution in [2.24, 2.45) is 11.0 Å². The lowest BCUT2D eigenvalue weighted by molar-refractivity contribution is 1.19. The van der Waals surface area contributed by atoms with Crippen molar-refractivity contribution < 1.29 is 0 Å². The summed E-state index contributed by atoms with van der Waals surface area (Å²) in [5, 5.41) is 4.09. The molecule has 1 aliphatic rings. The van der Waals surface area contributed by atoms with Crippen molar-refractivity contribution in [1.82, 2.24) is 4.98 Å². The molecule has 1 aliphatic carbocycles. The Bertz CT molecular complexity index is 264. The zero-order chi connectivity index (χ0) is 8.23. The number of rotatable bonds is 3. The number of nitrogens with zero attached hydrogens (tertiary/aromatic N) is 2. The molecule has 3 nitrogen and oxygen atoms in total. The largest absolute Gasteiger partial charge is 0.277 e. The summed E-state index contributed by atoms with van der Waals surface area (Å²) in [7, 11) is 0. The molecular formula is C9H11N3. The van der Waals surface area contributed by atoms with Gasteiger partial charge in [0.05, 0.1) is 11.9 Å². The van der Waals surface area contributed by atoms with Crippen molar-refractivity contribution in [2.45, 2.75) is 12.8 Å². The summed E-state index contributed by atoms with van der Waals surface area (Å²) in [4.78, 5) is 3.96. The average Bonchev–Trinajstić information content (AvgIpc) is 2.90. The number of anilines is 1. The van der Waals surface area contributed by atoms with Gasteiger partial charge in [-0.1, -0.05) is 0 Å². The Kier molecular flexibility index (Phi) is 2.03. The lowest BCUT2D eigenvalue weighted by Crippen LogP contribution is -1.89. The molecule has 62 valence electrons. The number of aromatic nitrogens is 1. The summed E-state index contributed by atoms with van der Waals surface area (Å²) >= 11 is 0. The topological polar surface area (TPSA) is 37.3 Å². The first-order valence-corrected chi connectivity index (χ1v) is 4.14. The van der Waals surface area contributed by atoms with Crippen LogP contribution in [0.3, 0.4) is 0 Å². The maximum atomic E-state index is 4.09. The van der Waals surface area contributed by atoms with E-state index in [2.05, 4.69) is 15.5 Å². The van der Waals surface area contributed by atoms with E-state index < -0.39 is 0 Å². The van der Waals surface area contributed by atoms with Crippen LogP contribution >= 0.6 is 0 Å². The maximum Gasteiger partial charge on any atom is 0.0744 e. The molecule has 1 aromatic heterocycles. The monoisotopic (exact) mass is 161 g/mol. The summed E-state index contributed by atoms with van der Waals surface area (Å²) in [6, 6.07) is 3.83. The minimum absolute atomic E-state index is 0.717. The molecule has 2 rings (SSSR count). The molecule has 1 fully saturated rings. The molecule has 0 atom stereocenters. The van der Waals surface area contributed by atoms with Gasteiger partial charge in [0.15, 0.2) is 0 Å². The SMILES string of the molecule is C(=N\Nc1cccnc1)/C1CC1. The normalized spacial score (nSPS) is 16.7. The number of hydrogen-bond acceptors (Lipinski definition) is 3. The van der Waals surface area contributed by atoms with Crippen molar-refractivity contribution in [1.29, 1.82) is 0 Å². The van der Waals surface area contributed by atoms with E-state index in [1.54, 1.807) is 12.4 Å². The van der Waals surface area contributed by atoms with E-state index in [0.29, 0.717) is 5.92 Å². The van der Waals surface area contributed by atoms with Crippen molar-refractivity contribution >= 4 is 11.9 Å². The van der Waals surface area contributed by atoms with Gasteiger partial charge in [-0.3, -0.25) is 10.4 Å². The van der Waals surface area contributed by atoms with Crippen LogP contribution in [-0.2, 0) is 0 Å². The summed E-state index contributed by atoms with van der Waals surface area (Å²) < 4.78 is 0. The van der Waals surface area contributed by atoms with Gasteiger partial charge in [0.25, 0.3) is 0 Å². The van der Waals surface area contributed by atoms with Crippen molar-refractivity contribution in [2.75, 3.05) is 5.43 Å². The fraction of sp³-hybridized carbons (Fsp3) is 0.333. The molecule has 0 bridgehead atoms. The first-order chi connectivity index (χ1) is 5.95. The third kappa shape index (κ3) is 2.05. The Morgan fingerprint density at radius 1 is 1.58 bits per heavy atom. The molecule has 0 radical (unpaired) electrons. The van der Waals surface area contributed by atoms with Crippen LogP contribution in [0.4, 0.5) is 5.69 Å². The van der Waals surface area contributed by atoms with E-state index in [0.717, 1.165) is 5.69 Å². The highest BCUT2D eigenvalue weighted by atomic mass is 15.3. The Hall–Kier alpha value is -1.38. The van der Waals surface area contributed by atoms with Crippen molar-refractivity contribution in [3.63, 3.8) is 0 Å². The average molecular weight is 161 g/mol. The predicted molar refractivity (Wildman–Crippen MR) is 49.1 cm³/mol. The second-order valence-electron chi connectivity index (χ2n) is 2.97. The van der Waals surface area contributed by atoms with Gasteiger partial charge in [-0.25, -0.2) is 0 Å². The quantitative estimate of drug-likeness (QED) is 0.543. The van der Waals surface area contributed by atoms with Crippen LogP contribution in [0, 0.1) is 5.92 Å². The lowest BCUT2D eigenvalue weighted by atomic mass is 10.4. The maximum absolute atomic E-state index is 4.09. The van der Waals surface area contributed by atoms with Crippen LogP contribution in [0.25, 0.3) is 0 Å². The Morgan fingerprint density at radius 2 is 2.50 bits per heavy atom. The first kappa shape index (κ1) is 7.28. The number of nitrogens with one attached hydrogen (secondary N) is 1. The first-order valence-electron chi connectivity index (χ1n) is 4.14. The van der Waals surface area contributed by atoms with Gasteiger partial charge >= 0.3 is 0 Å². The molecule has 0 spiro atoms. The molecule has 12 heavy (non-hydrogen) atoms. The molecule has 1 heterocycles. The van der Waals surface area contributed by atoms with Gasteiger partial charge in [0.2, 0.25) is 0 Å². The Balaban J connectivity index is 1.86. The molecule has 3 heteroatoms. The summed E-state index contributed by atoms with van der Waals surface area (Å²) in [5.41, 5.74) is 3.86. The summed E-state index contributed by atoms with van der Waals surface area (Å²) in [6.45, 7) is 0. The third-order valence-corrected chi connectivity index (χ3v) is 1.76. The van der Waals surface area contributed by atoms with Gasteiger partial charge in [0, 0.05) is 12.4 Å². The smallest absolute Gasteiger partial charge is 0.0744 e. The molecule has 1 aromatic rings. The standard InChI is InChI=1S/C9H11N3/c1-2-9(7-10-5-1)12-11-6-8-3-4-8/h1-2,5-8,12H,3-4H2/b11-6+. The van der Waals surface area contributed by atoms with E-state index in [1.807, 2.05) is 18.3 Å². The van der Waals surface area contributed by atoms with Crippen LogP contribution in [0.1, 0.15) is 12.8 Å². The highest BCUT2D eigenvalue weighted by molar-refractivity contribution is 5.64. The van der Waals surface area contributed by atoms with E-state index in [1.165, 1.54) is 12.8 Å². The van der Waals surface area contributed by atoms with Crippen molar-refractivity contribution in [3.8, 4) is 0 Å². The molecule has 1 N–H and O–H groups in total. The number of hydrazone groups is 1. The van der Waals surface area contributed by atoms with Gasteiger partial charge in [-0.15, -0.1) is 0 Å². The predicted octanol–water partition coefficient (Wildman–Crippen LogP) is 1.89. The highest BCUT2D eigenvalue weighted by Crippen LogP contribution is 2.26. The second-order valence-corrected chi connectivity index (χ2v) is 2.97. The molecular weight excluding hydrogens is 150 g/mol. The Morgan fingerprint density at radius 3 is 3.17 bits per heavy atom. The molecule has 0 unspecified atom stereocenters. The summed E-state index contributed by atoms with van der Waals surface area (Å²) in [5.74, 6) is 0.717. The van der Waals surface area contributed by atoms with Gasteiger partial charge in [-0.2, -0.15) is 5.10 Å². The van der Waals surface area contributed by atoms with Gasteiger partial charge < -0.3 is 0 Å². The van der Waals surface area contributed by atoms with Crippen molar-refractivity contribution in [3.05, 3.63) is 24.5 Å². The van der Waals surface area contributed by atoms with Crippen LogP contribution in [0.2, 0.25) is 0 Å². The third-order valence-electron chi connectivity index (χ3n) is 1.76. The molecule has 0 saturated heterocycles.